The number of allylic oxidation sites excluding steroid dienone is 1. The zero-order valence-corrected chi connectivity index (χ0v) is 50.5. The quantitative estimate of drug-likeness (QED) is 0.0463. The van der Waals surface area contributed by atoms with E-state index in [4.69, 9.17) is 4.79 Å². The van der Waals surface area contributed by atoms with E-state index in [1.165, 1.54) is 68.3 Å². The number of anilines is 1. The van der Waals surface area contributed by atoms with Crippen LogP contribution in [-0.2, 0) is 26.3 Å². The van der Waals surface area contributed by atoms with Gasteiger partial charge in [0.05, 0.1) is 5.41 Å². The Labute approximate surface area is 474 Å². The molecule has 4 heterocycles. The van der Waals surface area contributed by atoms with Crippen LogP contribution in [0.25, 0.3) is 12.2 Å². The minimum Gasteiger partial charge on any atom is -0.394 e. The molecule has 1 spiro atoms. The van der Waals surface area contributed by atoms with Crippen LogP contribution in [0, 0.1) is 30.4 Å². The van der Waals surface area contributed by atoms with E-state index >= 15 is 0 Å². The number of pyridine rings is 1. The molecular formula is C65H98F2N8O4. The van der Waals surface area contributed by atoms with Crippen LogP contribution < -0.4 is 21.3 Å². The Bertz CT molecular complexity index is 2490. The van der Waals surface area contributed by atoms with Gasteiger partial charge in [-0.25, -0.2) is 13.6 Å². The Morgan fingerprint density at radius 1 is 0.924 bits per heavy atom. The molecule has 3 aliphatic heterocycles. The second kappa shape index (κ2) is 35.1. The fourth-order valence-corrected chi connectivity index (χ4v) is 10.9. The van der Waals surface area contributed by atoms with Crippen LogP contribution in [0.5, 0.6) is 0 Å². The number of Topliss-reactive ketones (excluding diaryl/α,β-unsaturated/α-hetero) is 1. The number of benzene rings is 2. The van der Waals surface area contributed by atoms with Crippen molar-refractivity contribution in [2.24, 2.45) is 11.8 Å². The molecule has 1 unspecified atom stereocenters. The standard InChI is InChI=1S/C29H36F2N4O.C24H37N3O.C8H17NO.C2H2O.C2H6/c1-19(14-26-20(2)34-11-6-23(26)15-25(33-5)7-10-32-4)18-35-12-8-22(9-13-35)29-27(30)16-24(21(3)36)17-28(29)31;1-4-6-19(7-5-2)17-27-13-12-26(15-18(27)3)16-20-8-9-22-21(14-20)24(10-11-24)23(28)25-22;1-7(2)5-4-6-8(10)9-3;1-2-3;1-2/h6-7,10-11,14-17,22,32-33H,8-9,12-13,18H2,1-5H3;8-9,14,18-19H,4-7,10-13,15-17H2,1-3H3,(H,25,28);7H,4-6H2,1-3H3,(H,9,10);1H2;1-2H3/b10-7-,19-14+,25-15+;;;;. The molecule has 2 saturated heterocycles. The Morgan fingerprint density at radius 3 is 2.11 bits per heavy atom. The molecule has 2 aromatic carbocycles. The van der Waals surface area contributed by atoms with Crippen molar-refractivity contribution < 1.29 is 28.0 Å². The van der Waals surface area contributed by atoms with Crippen LogP contribution in [0.4, 0.5) is 14.5 Å². The molecule has 0 radical (unpaired) electrons. The monoisotopic (exact) mass is 1090 g/mol. The first kappa shape index (κ1) is 67.5. The van der Waals surface area contributed by atoms with Crippen LogP contribution in [-0.4, -0.2) is 116 Å². The highest BCUT2D eigenvalue weighted by atomic mass is 19.1. The van der Waals surface area contributed by atoms with Crippen molar-refractivity contribution in [1.29, 1.82) is 0 Å². The first-order chi connectivity index (χ1) is 37.9. The maximum atomic E-state index is 14.6. The van der Waals surface area contributed by atoms with E-state index < -0.39 is 11.6 Å². The van der Waals surface area contributed by atoms with Gasteiger partial charge in [0, 0.05) is 113 Å². The van der Waals surface area contributed by atoms with Crippen molar-refractivity contribution in [1.82, 2.24) is 35.6 Å². The number of carbonyl (C=O) groups is 3. The number of aryl methyl sites for hydroxylation is 1. The Kier molecular flexibility index (Phi) is 29.9. The molecule has 436 valence electrons. The van der Waals surface area contributed by atoms with Crippen LogP contribution in [0.15, 0.2) is 72.7 Å². The van der Waals surface area contributed by atoms with E-state index in [1.54, 1.807) is 7.05 Å². The Hall–Kier alpha value is -5.79. The smallest absolute Gasteiger partial charge is 0.235 e. The van der Waals surface area contributed by atoms with E-state index in [9.17, 15) is 23.2 Å². The Balaban J connectivity index is 0.000000336. The van der Waals surface area contributed by atoms with Crippen LogP contribution in [0.3, 0.4) is 0 Å². The lowest BCUT2D eigenvalue weighted by Crippen LogP contribution is -2.52. The number of piperazine rings is 1. The lowest BCUT2D eigenvalue weighted by Gasteiger charge is -2.41. The van der Waals surface area contributed by atoms with Gasteiger partial charge in [-0.1, -0.05) is 84.6 Å². The fourth-order valence-electron chi connectivity index (χ4n) is 10.9. The number of aromatic nitrogens is 1. The molecule has 1 atom stereocenters. The number of rotatable bonds is 21. The zero-order valence-electron chi connectivity index (χ0n) is 50.5. The van der Waals surface area contributed by atoms with Crippen molar-refractivity contribution in [2.45, 2.75) is 164 Å². The van der Waals surface area contributed by atoms with Crippen LogP contribution >= 0.6 is 0 Å². The van der Waals surface area contributed by atoms with E-state index in [-0.39, 0.29) is 40.1 Å². The summed E-state index contributed by atoms with van der Waals surface area (Å²) in [4.78, 5) is 55.1. The Morgan fingerprint density at radius 2 is 1.57 bits per heavy atom. The molecule has 1 aliphatic carbocycles. The van der Waals surface area contributed by atoms with Gasteiger partial charge in [-0.2, -0.15) is 0 Å². The summed E-state index contributed by atoms with van der Waals surface area (Å²) in [6.45, 7) is 31.5. The maximum Gasteiger partial charge on any atom is 0.235 e. The number of amides is 2. The normalized spacial score (nSPS) is 17.2. The predicted molar refractivity (Wildman–Crippen MR) is 324 cm³/mol. The zero-order chi connectivity index (χ0) is 58.7. The first-order valence-electron chi connectivity index (χ1n) is 29.2. The number of nitrogens with zero attached hydrogens (tertiary/aromatic N) is 4. The van der Waals surface area contributed by atoms with Crippen molar-refractivity contribution in [3.05, 3.63) is 123 Å². The highest BCUT2D eigenvalue weighted by Gasteiger charge is 2.56. The third kappa shape index (κ3) is 21.3. The minimum atomic E-state index is -0.618. The van der Waals surface area contributed by atoms with Gasteiger partial charge in [-0.05, 0) is 169 Å². The lowest BCUT2D eigenvalue weighted by molar-refractivity contribution is -0.120. The van der Waals surface area contributed by atoms with Gasteiger partial charge in [0.15, 0.2) is 5.78 Å². The molecular weight excluding hydrogens is 995 g/mol. The summed E-state index contributed by atoms with van der Waals surface area (Å²) in [6, 6.07) is 11.6. The van der Waals surface area contributed by atoms with Gasteiger partial charge < -0.3 is 21.3 Å². The van der Waals surface area contributed by atoms with Gasteiger partial charge in [-0.15, -0.1) is 0 Å². The number of likely N-dealkylation sites (tertiary alicyclic amines) is 1. The summed E-state index contributed by atoms with van der Waals surface area (Å²) in [7, 11) is 5.43. The molecule has 7 rings (SSSR count). The van der Waals surface area contributed by atoms with Crippen molar-refractivity contribution in [3.8, 4) is 0 Å². The molecule has 79 heavy (non-hydrogen) atoms. The molecule has 0 bridgehead atoms. The fraction of sp³-hybridized carbons (Fsp3) is 0.569. The van der Waals surface area contributed by atoms with Gasteiger partial charge in [-0.3, -0.25) is 34.1 Å². The molecule has 12 nitrogen and oxygen atoms in total. The lowest BCUT2D eigenvalue weighted by atomic mass is 9.87. The number of carbonyl (C=O) groups excluding carboxylic acids is 4. The van der Waals surface area contributed by atoms with Gasteiger partial charge >= 0.3 is 0 Å². The molecule has 2 amide bonds. The molecule has 3 fully saturated rings. The van der Waals surface area contributed by atoms with E-state index in [0.29, 0.717) is 31.2 Å². The van der Waals surface area contributed by atoms with Crippen molar-refractivity contribution in [2.75, 3.05) is 72.3 Å². The molecule has 14 heteroatoms. The van der Waals surface area contributed by atoms with E-state index in [1.807, 2.05) is 59.4 Å². The SMILES string of the molecule is C=C=O.CC.CCCC(CCC)CN1CCN(Cc2ccc3c(c2)C2(CC2)C(=O)N3)CC1C.CN/C=C\C(=C/c1ccnc(C)c1/C=C(\C)CN1CCC(c2c(F)cc(C(C)=O)cc2F)CC1)NC.CNC(=O)CCCC(C)C. The predicted octanol–water partition coefficient (Wildman–Crippen LogP) is 12.4. The summed E-state index contributed by atoms with van der Waals surface area (Å²) in [5.41, 5.74) is 8.94. The summed E-state index contributed by atoms with van der Waals surface area (Å²) >= 11 is 0. The summed E-state index contributed by atoms with van der Waals surface area (Å²) in [5, 5.41) is 11.9. The molecule has 3 aromatic rings. The second-order valence-corrected chi connectivity index (χ2v) is 21.9. The molecule has 1 aromatic heterocycles. The highest BCUT2D eigenvalue weighted by Crippen LogP contribution is 2.55. The number of fused-ring (bicyclic) bond motifs is 2. The summed E-state index contributed by atoms with van der Waals surface area (Å²) < 4.78 is 29.3. The summed E-state index contributed by atoms with van der Waals surface area (Å²) in [5.74, 6) is 1.44. The van der Waals surface area contributed by atoms with Crippen LogP contribution in [0.1, 0.15) is 183 Å². The average molecular weight is 1090 g/mol. The number of likely N-dealkylation sites (N-methyl/N-ethyl adjacent to an activating group) is 1. The molecule has 1 saturated carbocycles. The number of hydrogen-bond donors (Lipinski definition) is 4. The van der Waals surface area contributed by atoms with E-state index in [0.717, 1.165) is 111 Å². The number of nitrogens with one attached hydrogen (secondary N) is 4. The molecule has 4 aliphatic rings. The third-order valence-electron chi connectivity index (χ3n) is 15.2. The largest absolute Gasteiger partial charge is 0.394 e. The highest BCUT2D eigenvalue weighted by molar-refractivity contribution is 6.08. The number of hydrogen-bond acceptors (Lipinski definition) is 10. The van der Waals surface area contributed by atoms with Crippen LogP contribution in [0.2, 0.25) is 0 Å². The van der Waals surface area contributed by atoms with Gasteiger partial charge in [0.1, 0.15) is 17.6 Å². The number of halogens is 2. The summed E-state index contributed by atoms with van der Waals surface area (Å²) in [6.07, 6.45) is 21.5. The maximum absolute atomic E-state index is 14.6. The first-order valence-corrected chi connectivity index (χ1v) is 29.2. The van der Waals surface area contributed by atoms with Gasteiger partial charge in [0.25, 0.3) is 0 Å². The number of ketones is 1. The second-order valence-electron chi connectivity index (χ2n) is 21.9. The molecule has 4 N–H and O–H groups in total. The van der Waals surface area contributed by atoms with Crippen molar-refractivity contribution in [3.63, 3.8) is 0 Å². The van der Waals surface area contributed by atoms with Gasteiger partial charge in [0.2, 0.25) is 11.8 Å². The topological polar surface area (TPSA) is 139 Å². The third-order valence-corrected chi connectivity index (χ3v) is 15.2. The van der Waals surface area contributed by atoms with Crippen molar-refractivity contribution >= 4 is 41.4 Å². The number of piperidine rings is 1. The van der Waals surface area contributed by atoms with E-state index in [2.05, 4.69) is 119 Å². The minimum absolute atomic E-state index is 0.0757. The average Bonchev–Trinajstić information content (AvgIpc) is 4.40.